The second-order valence-electron chi connectivity index (χ2n) is 9.62. The molecule has 4 rings (SSSR count). The van der Waals surface area contributed by atoms with Gasteiger partial charge in [-0.2, -0.15) is 5.10 Å². The maximum absolute atomic E-state index is 13.4. The van der Waals surface area contributed by atoms with Crippen LogP contribution in [0, 0.1) is 6.92 Å². The van der Waals surface area contributed by atoms with E-state index in [2.05, 4.69) is 20.8 Å². The van der Waals surface area contributed by atoms with Gasteiger partial charge in [0, 0.05) is 37.7 Å². The molecule has 1 aromatic heterocycles. The van der Waals surface area contributed by atoms with Crippen LogP contribution in [0.2, 0.25) is 0 Å². The minimum Gasteiger partial charge on any atom is -0.337 e. The Morgan fingerprint density at radius 1 is 0.967 bits per heavy atom. The fourth-order valence-electron chi connectivity index (χ4n) is 4.09. The molecule has 2 aliphatic rings. The third-order valence-electron chi connectivity index (χ3n) is 5.91. The van der Waals surface area contributed by atoms with Crippen LogP contribution in [0.4, 0.5) is 0 Å². The number of benzene rings is 1. The molecule has 6 heteroatoms. The Balaban J connectivity index is 1.49. The molecule has 0 spiro atoms. The van der Waals surface area contributed by atoms with Crippen LogP contribution < -0.4 is 0 Å². The Morgan fingerprint density at radius 2 is 1.63 bits per heavy atom. The number of carbonyl (C=O) groups excluding carboxylic acids is 2. The number of carbonyl (C=O) groups is 2. The van der Waals surface area contributed by atoms with Gasteiger partial charge in [0.2, 0.25) is 0 Å². The molecule has 2 aromatic rings. The molecule has 2 heterocycles. The SMILES string of the molecule is Cc1cccc(C(=O)N2CCCN(C(=O)c3cc(C4CC4)nn3C(C)(C)C)CC2)c1. The fraction of sp³-hybridized carbons (Fsp3) is 0.542. The van der Waals surface area contributed by atoms with E-state index in [1.54, 1.807) is 0 Å². The van der Waals surface area contributed by atoms with Gasteiger partial charge in [0.1, 0.15) is 5.69 Å². The summed E-state index contributed by atoms with van der Waals surface area (Å²) in [7, 11) is 0. The van der Waals surface area contributed by atoms with Crippen molar-refractivity contribution in [2.75, 3.05) is 26.2 Å². The number of nitrogens with zero attached hydrogens (tertiary/aromatic N) is 4. The molecule has 1 aliphatic carbocycles. The summed E-state index contributed by atoms with van der Waals surface area (Å²) in [5.41, 5.74) is 3.25. The third-order valence-corrected chi connectivity index (χ3v) is 5.91. The van der Waals surface area contributed by atoms with Gasteiger partial charge >= 0.3 is 0 Å². The summed E-state index contributed by atoms with van der Waals surface area (Å²) in [6.07, 6.45) is 3.10. The second-order valence-corrected chi connectivity index (χ2v) is 9.62. The summed E-state index contributed by atoms with van der Waals surface area (Å²) in [5.74, 6) is 0.574. The van der Waals surface area contributed by atoms with Crippen LogP contribution in [0.25, 0.3) is 0 Å². The average Bonchev–Trinajstić information content (AvgIpc) is 3.48. The molecule has 0 bridgehead atoms. The van der Waals surface area contributed by atoms with Gasteiger partial charge in [-0.1, -0.05) is 17.7 Å². The Labute approximate surface area is 178 Å². The van der Waals surface area contributed by atoms with E-state index < -0.39 is 0 Å². The number of rotatable bonds is 3. The van der Waals surface area contributed by atoms with Gasteiger partial charge < -0.3 is 9.80 Å². The zero-order valence-corrected chi connectivity index (χ0v) is 18.5. The highest BCUT2D eigenvalue weighted by molar-refractivity contribution is 5.95. The number of hydrogen-bond acceptors (Lipinski definition) is 3. The largest absolute Gasteiger partial charge is 0.337 e. The molecule has 0 N–H and O–H groups in total. The number of aryl methyl sites for hydroxylation is 1. The first kappa shape index (κ1) is 20.6. The standard InChI is InChI=1S/C24H32N4O2/c1-17-7-5-8-19(15-17)22(29)26-11-6-12-27(14-13-26)23(30)21-16-20(18-9-10-18)25-28(21)24(2,3)4/h5,7-8,15-16,18H,6,9-14H2,1-4H3. The van der Waals surface area contributed by atoms with Crippen LogP contribution in [0.15, 0.2) is 30.3 Å². The Morgan fingerprint density at radius 3 is 2.23 bits per heavy atom. The number of amides is 2. The third kappa shape index (κ3) is 4.27. The molecule has 30 heavy (non-hydrogen) atoms. The molecule has 1 aliphatic heterocycles. The quantitative estimate of drug-likeness (QED) is 0.776. The van der Waals surface area contributed by atoms with Crippen molar-refractivity contribution in [3.63, 3.8) is 0 Å². The first-order valence-electron chi connectivity index (χ1n) is 11.0. The summed E-state index contributed by atoms with van der Waals surface area (Å²) in [4.78, 5) is 30.1. The van der Waals surface area contributed by atoms with E-state index in [1.165, 1.54) is 0 Å². The van der Waals surface area contributed by atoms with Crippen molar-refractivity contribution in [3.05, 3.63) is 52.8 Å². The Kier molecular flexibility index (Phi) is 5.43. The van der Waals surface area contributed by atoms with Crippen molar-refractivity contribution in [2.45, 2.75) is 58.4 Å². The van der Waals surface area contributed by atoms with E-state index in [9.17, 15) is 9.59 Å². The minimum absolute atomic E-state index is 0.0224. The lowest BCUT2D eigenvalue weighted by molar-refractivity contribution is 0.0707. The van der Waals surface area contributed by atoms with Gasteiger partial charge in [0.25, 0.3) is 11.8 Å². The van der Waals surface area contributed by atoms with E-state index >= 15 is 0 Å². The van der Waals surface area contributed by atoms with Crippen LogP contribution in [0.3, 0.4) is 0 Å². The maximum Gasteiger partial charge on any atom is 0.272 e. The highest BCUT2D eigenvalue weighted by Gasteiger charge is 2.33. The number of aromatic nitrogens is 2. The van der Waals surface area contributed by atoms with Crippen molar-refractivity contribution in [2.24, 2.45) is 0 Å². The molecule has 160 valence electrons. The molecule has 0 atom stereocenters. The molecule has 0 unspecified atom stereocenters. The number of hydrogen-bond donors (Lipinski definition) is 0. The van der Waals surface area contributed by atoms with Crippen molar-refractivity contribution in [1.82, 2.24) is 19.6 Å². The molecule has 1 saturated heterocycles. The van der Waals surface area contributed by atoms with Crippen molar-refractivity contribution in [1.29, 1.82) is 0 Å². The highest BCUT2D eigenvalue weighted by Crippen LogP contribution is 2.40. The zero-order valence-electron chi connectivity index (χ0n) is 18.5. The van der Waals surface area contributed by atoms with E-state index in [1.807, 2.05) is 51.7 Å². The van der Waals surface area contributed by atoms with Gasteiger partial charge in [-0.3, -0.25) is 14.3 Å². The smallest absolute Gasteiger partial charge is 0.272 e. The molecule has 1 saturated carbocycles. The summed E-state index contributed by atoms with van der Waals surface area (Å²) in [6.45, 7) is 10.7. The lowest BCUT2D eigenvalue weighted by Crippen LogP contribution is -2.39. The second kappa shape index (κ2) is 7.89. The van der Waals surface area contributed by atoms with Crippen LogP contribution in [-0.2, 0) is 5.54 Å². The minimum atomic E-state index is -0.253. The molecular formula is C24H32N4O2. The molecule has 2 amide bonds. The zero-order chi connectivity index (χ0) is 21.5. The normalized spacial score (nSPS) is 17.7. The van der Waals surface area contributed by atoms with Gasteiger partial charge in [-0.25, -0.2) is 0 Å². The van der Waals surface area contributed by atoms with Crippen LogP contribution in [0.5, 0.6) is 0 Å². The first-order chi connectivity index (χ1) is 14.2. The summed E-state index contributed by atoms with van der Waals surface area (Å²) in [6, 6.07) is 9.70. The van der Waals surface area contributed by atoms with Crippen molar-refractivity contribution < 1.29 is 9.59 Å². The van der Waals surface area contributed by atoms with E-state index in [4.69, 9.17) is 5.10 Å². The van der Waals surface area contributed by atoms with Gasteiger partial charge in [-0.15, -0.1) is 0 Å². The molecule has 0 radical (unpaired) electrons. The van der Waals surface area contributed by atoms with E-state index in [0.29, 0.717) is 37.8 Å². The Hall–Kier alpha value is -2.63. The van der Waals surface area contributed by atoms with Gasteiger partial charge in [0.15, 0.2) is 0 Å². The summed E-state index contributed by atoms with van der Waals surface area (Å²) >= 11 is 0. The van der Waals surface area contributed by atoms with E-state index in [0.717, 1.165) is 36.1 Å². The van der Waals surface area contributed by atoms with E-state index in [-0.39, 0.29) is 17.4 Å². The maximum atomic E-state index is 13.4. The van der Waals surface area contributed by atoms with Gasteiger partial charge in [0.05, 0.1) is 11.2 Å². The van der Waals surface area contributed by atoms with Crippen LogP contribution in [0.1, 0.15) is 78.1 Å². The van der Waals surface area contributed by atoms with Crippen LogP contribution in [-0.4, -0.2) is 57.6 Å². The predicted molar refractivity (Wildman–Crippen MR) is 117 cm³/mol. The average molecular weight is 409 g/mol. The van der Waals surface area contributed by atoms with Crippen LogP contribution >= 0.6 is 0 Å². The van der Waals surface area contributed by atoms with Crippen molar-refractivity contribution >= 4 is 11.8 Å². The molecule has 6 nitrogen and oxygen atoms in total. The highest BCUT2D eigenvalue weighted by atomic mass is 16.2. The lowest BCUT2D eigenvalue weighted by atomic mass is 10.1. The monoisotopic (exact) mass is 408 g/mol. The summed E-state index contributed by atoms with van der Waals surface area (Å²) < 4.78 is 1.89. The molecule has 1 aromatic carbocycles. The van der Waals surface area contributed by atoms with Crippen molar-refractivity contribution in [3.8, 4) is 0 Å². The Bertz CT molecular complexity index is 952. The lowest BCUT2D eigenvalue weighted by Gasteiger charge is -2.26. The predicted octanol–water partition coefficient (Wildman–Crippen LogP) is 3.81. The molecular weight excluding hydrogens is 376 g/mol. The first-order valence-corrected chi connectivity index (χ1v) is 11.0. The summed E-state index contributed by atoms with van der Waals surface area (Å²) in [5, 5.41) is 4.78. The molecule has 2 fully saturated rings. The fourth-order valence-corrected chi connectivity index (χ4v) is 4.09. The topological polar surface area (TPSA) is 58.4 Å². The van der Waals surface area contributed by atoms with Gasteiger partial charge in [-0.05, 0) is 65.2 Å².